The van der Waals surface area contributed by atoms with E-state index in [0.29, 0.717) is 5.39 Å². The van der Waals surface area contributed by atoms with Gasteiger partial charge in [0.05, 0.1) is 12.7 Å². The highest BCUT2D eigenvalue weighted by Crippen LogP contribution is 2.32. The monoisotopic (exact) mass is 506 g/mol. The topological polar surface area (TPSA) is 137 Å². The molecule has 0 amide bonds. The number of ether oxygens (including phenoxy) is 6. The highest BCUT2D eigenvalue weighted by atomic mass is 16.7. The number of rotatable bonds is 8. The molecule has 0 spiro atoms. The molecule has 0 radical (unpaired) electrons. The van der Waals surface area contributed by atoms with Crippen LogP contribution in [0.5, 0.6) is 5.75 Å². The van der Waals surface area contributed by atoms with Crippen molar-refractivity contribution in [2.24, 2.45) is 0 Å². The molecule has 11 heteroatoms. The van der Waals surface area contributed by atoms with Gasteiger partial charge in [-0.15, -0.1) is 0 Å². The zero-order valence-electron chi connectivity index (χ0n) is 21.0. The average molecular weight is 507 g/mol. The third kappa shape index (κ3) is 6.82. The van der Waals surface area contributed by atoms with Gasteiger partial charge in [0.2, 0.25) is 12.4 Å². The Balaban J connectivity index is 2.02. The standard InChI is InChI=1S/C25H30O11/c1-12(2)30-11-20-22(31-14(4)26)23(32-15(5)27)24(33-16(6)28)25(36-20)34-17-7-8-18-13(3)9-21(29)35-19(18)10-17/h7-10,12,20,22-25H,11H2,1-6H3/t20-,22+,23+,24-,25-/m1/s1. The van der Waals surface area contributed by atoms with Crippen molar-refractivity contribution in [1.29, 1.82) is 0 Å². The normalized spacial score (nSPS) is 23.8. The van der Waals surface area contributed by atoms with Gasteiger partial charge in [-0.25, -0.2) is 4.79 Å². The van der Waals surface area contributed by atoms with Crippen LogP contribution in [0.3, 0.4) is 0 Å². The van der Waals surface area contributed by atoms with Gasteiger partial charge in [-0.05, 0) is 38.5 Å². The fraction of sp³-hybridized carbons (Fsp3) is 0.520. The molecule has 0 N–H and O–H groups in total. The molecule has 36 heavy (non-hydrogen) atoms. The molecule has 0 unspecified atom stereocenters. The molecular formula is C25H30O11. The summed E-state index contributed by atoms with van der Waals surface area (Å²) in [5.74, 6) is -1.82. The minimum atomic E-state index is -1.30. The van der Waals surface area contributed by atoms with Crippen molar-refractivity contribution in [2.45, 2.75) is 78.4 Å². The molecule has 11 nitrogen and oxygen atoms in total. The van der Waals surface area contributed by atoms with E-state index in [0.717, 1.165) is 5.56 Å². The molecule has 5 atom stereocenters. The summed E-state index contributed by atoms with van der Waals surface area (Å²) in [5, 5.41) is 0.707. The number of esters is 3. The largest absolute Gasteiger partial charge is 0.461 e. The minimum absolute atomic E-state index is 0.0359. The van der Waals surface area contributed by atoms with E-state index in [9.17, 15) is 19.2 Å². The van der Waals surface area contributed by atoms with E-state index in [1.54, 1.807) is 19.1 Å². The van der Waals surface area contributed by atoms with Gasteiger partial charge in [0.1, 0.15) is 17.4 Å². The number of aryl methyl sites for hydroxylation is 1. The summed E-state index contributed by atoms with van der Waals surface area (Å²) >= 11 is 0. The summed E-state index contributed by atoms with van der Waals surface area (Å²) in [6, 6.07) is 6.21. The number of hydrogen-bond acceptors (Lipinski definition) is 11. The Morgan fingerprint density at radius 3 is 2.14 bits per heavy atom. The molecule has 2 heterocycles. The maximum absolute atomic E-state index is 12.0. The summed E-state index contributed by atoms with van der Waals surface area (Å²) in [7, 11) is 0. The van der Waals surface area contributed by atoms with E-state index in [4.69, 9.17) is 32.8 Å². The van der Waals surface area contributed by atoms with Gasteiger partial charge in [-0.3, -0.25) is 14.4 Å². The lowest BCUT2D eigenvalue weighted by molar-refractivity contribution is -0.290. The van der Waals surface area contributed by atoms with Crippen LogP contribution >= 0.6 is 0 Å². The molecule has 3 rings (SSSR count). The van der Waals surface area contributed by atoms with E-state index >= 15 is 0 Å². The third-order valence-electron chi connectivity index (χ3n) is 5.27. The second kappa shape index (κ2) is 11.5. The molecule has 0 saturated carbocycles. The van der Waals surface area contributed by atoms with Crippen LogP contribution in [0.2, 0.25) is 0 Å². The minimum Gasteiger partial charge on any atom is -0.461 e. The molecule has 2 aromatic rings. The molecule has 1 aromatic heterocycles. The van der Waals surface area contributed by atoms with Crippen molar-refractivity contribution in [3.63, 3.8) is 0 Å². The molecule has 0 aliphatic carbocycles. The summed E-state index contributed by atoms with van der Waals surface area (Å²) in [6.45, 7) is 8.91. The van der Waals surface area contributed by atoms with Crippen molar-refractivity contribution in [2.75, 3.05) is 6.61 Å². The van der Waals surface area contributed by atoms with Gasteiger partial charge >= 0.3 is 23.5 Å². The van der Waals surface area contributed by atoms with Crippen molar-refractivity contribution in [3.05, 3.63) is 40.2 Å². The summed E-state index contributed by atoms with van der Waals surface area (Å²) in [6.07, 6.45) is -6.11. The quantitative estimate of drug-likeness (QED) is 0.296. The summed E-state index contributed by atoms with van der Waals surface area (Å²) < 4.78 is 39.3. The second-order valence-electron chi connectivity index (χ2n) is 8.67. The fourth-order valence-electron chi connectivity index (χ4n) is 3.88. The van der Waals surface area contributed by atoms with Crippen molar-refractivity contribution < 1.29 is 47.2 Å². The maximum Gasteiger partial charge on any atom is 0.336 e. The molecule has 1 aliphatic heterocycles. The van der Waals surface area contributed by atoms with Gasteiger partial charge in [0.25, 0.3) is 0 Å². The lowest BCUT2D eigenvalue weighted by Gasteiger charge is -2.44. The first kappa shape index (κ1) is 27.2. The molecule has 1 aromatic carbocycles. The first-order chi connectivity index (χ1) is 16.9. The first-order valence-electron chi connectivity index (χ1n) is 11.4. The van der Waals surface area contributed by atoms with Gasteiger partial charge in [0, 0.05) is 38.3 Å². The van der Waals surface area contributed by atoms with Crippen molar-refractivity contribution >= 4 is 28.9 Å². The van der Waals surface area contributed by atoms with Crippen LogP contribution in [0.1, 0.15) is 40.2 Å². The van der Waals surface area contributed by atoms with Crippen LogP contribution in [0.4, 0.5) is 0 Å². The highest BCUT2D eigenvalue weighted by Gasteiger charge is 2.53. The van der Waals surface area contributed by atoms with Crippen LogP contribution in [0.15, 0.2) is 33.5 Å². The predicted molar refractivity (Wildman–Crippen MR) is 124 cm³/mol. The zero-order valence-corrected chi connectivity index (χ0v) is 21.0. The van der Waals surface area contributed by atoms with Gasteiger partial charge in [-0.1, -0.05) is 0 Å². The average Bonchev–Trinajstić information content (AvgIpc) is 2.75. The smallest absolute Gasteiger partial charge is 0.336 e. The number of hydrogen-bond donors (Lipinski definition) is 0. The zero-order chi connectivity index (χ0) is 26.6. The van der Waals surface area contributed by atoms with E-state index in [2.05, 4.69) is 0 Å². The van der Waals surface area contributed by atoms with Crippen molar-refractivity contribution in [3.8, 4) is 5.75 Å². The Kier molecular flexibility index (Phi) is 8.70. The third-order valence-corrected chi connectivity index (χ3v) is 5.27. The Labute approximate surface area is 207 Å². The van der Waals surface area contributed by atoms with Gasteiger partial charge in [0.15, 0.2) is 12.2 Å². The molecule has 0 bridgehead atoms. The van der Waals surface area contributed by atoms with E-state index < -0.39 is 54.2 Å². The lowest BCUT2D eigenvalue weighted by Crippen LogP contribution is -2.63. The number of carbonyl (C=O) groups is 3. The second-order valence-corrected chi connectivity index (χ2v) is 8.67. The highest BCUT2D eigenvalue weighted by molar-refractivity contribution is 5.81. The summed E-state index contributed by atoms with van der Waals surface area (Å²) in [5.41, 5.74) is 0.491. The SMILES string of the molecule is CC(=O)O[C@H]1[C@@H](OC(C)=O)[C@@H](COC(C)C)O[C@@H](Oc2ccc3c(C)cc(=O)oc3c2)[C@@H]1OC(C)=O. The number of benzene rings is 1. The molecular weight excluding hydrogens is 476 g/mol. The lowest BCUT2D eigenvalue weighted by atomic mass is 9.98. The van der Waals surface area contributed by atoms with Gasteiger partial charge < -0.3 is 32.8 Å². The Morgan fingerprint density at radius 2 is 1.53 bits per heavy atom. The maximum atomic E-state index is 12.0. The van der Waals surface area contributed by atoms with E-state index in [1.807, 2.05) is 13.8 Å². The molecule has 1 aliphatic rings. The van der Waals surface area contributed by atoms with Crippen molar-refractivity contribution in [1.82, 2.24) is 0 Å². The summed E-state index contributed by atoms with van der Waals surface area (Å²) in [4.78, 5) is 47.6. The Morgan fingerprint density at radius 1 is 0.917 bits per heavy atom. The Hall–Kier alpha value is -3.44. The molecule has 196 valence electrons. The number of fused-ring (bicyclic) bond motifs is 1. The van der Waals surface area contributed by atoms with Crippen LogP contribution < -0.4 is 10.4 Å². The van der Waals surface area contributed by atoms with Crippen LogP contribution in [-0.2, 0) is 38.1 Å². The predicted octanol–water partition coefficient (Wildman–Crippen LogP) is 2.43. The van der Waals surface area contributed by atoms with Crippen LogP contribution in [0, 0.1) is 6.92 Å². The number of carbonyl (C=O) groups excluding carboxylic acids is 3. The molecule has 1 saturated heterocycles. The van der Waals surface area contributed by atoms with Gasteiger partial charge in [-0.2, -0.15) is 0 Å². The van der Waals surface area contributed by atoms with E-state index in [-0.39, 0.29) is 24.0 Å². The first-order valence-corrected chi connectivity index (χ1v) is 11.4. The van der Waals surface area contributed by atoms with Crippen LogP contribution in [0.25, 0.3) is 11.0 Å². The van der Waals surface area contributed by atoms with Crippen LogP contribution in [-0.4, -0.2) is 61.3 Å². The fourth-order valence-corrected chi connectivity index (χ4v) is 3.88. The van der Waals surface area contributed by atoms with E-state index in [1.165, 1.54) is 32.9 Å². The molecule has 1 fully saturated rings. The Bertz CT molecular complexity index is 1170.